The van der Waals surface area contributed by atoms with Gasteiger partial charge in [-0.2, -0.15) is 0 Å². The normalized spacial score (nSPS) is 17.4. The molecule has 0 radical (unpaired) electrons. The van der Waals surface area contributed by atoms with Gasteiger partial charge in [0.05, 0.1) is 12.6 Å². The zero-order valence-electron chi connectivity index (χ0n) is 12.6. The van der Waals surface area contributed by atoms with E-state index in [4.69, 9.17) is 4.74 Å². The molecule has 0 saturated carbocycles. The Morgan fingerprint density at radius 3 is 2.85 bits per heavy atom. The molecule has 110 valence electrons. The van der Waals surface area contributed by atoms with E-state index in [9.17, 15) is 4.79 Å². The van der Waals surface area contributed by atoms with Crippen LogP contribution in [0.15, 0.2) is 18.2 Å². The first kappa shape index (κ1) is 15.0. The summed E-state index contributed by atoms with van der Waals surface area (Å²) < 4.78 is 5.19. The molecule has 1 aliphatic heterocycles. The first-order valence-electron chi connectivity index (χ1n) is 7.28. The highest BCUT2D eigenvalue weighted by Crippen LogP contribution is 2.20. The lowest BCUT2D eigenvalue weighted by Crippen LogP contribution is -2.45. The van der Waals surface area contributed by atoms with Crippen molar-refractivity contribution in [2.75, 3.05) is 32.8 Å². The molecule has 2 rings (SSSR count). The third-order valence-electron chi connectivity index (χ3n) is 3.74. The third kappa shape index (κ3) is 3.58. The molecular formula is C16H24N2O2. The van der Waals surface area contributed by atoms with Crippen LogP contribution in [0.3, 0.4) is 0 Å². The number of aryl methyl sites for hydroxylation is 2. The van der Waals surface area contributed by atoms with Crippen LogP contribution in [-0.4, -0.2) is 43.7 Å². The maximum absolute atomic E-state index is 11.9. The molecule has 0 spiro atoms. The lowest BCUT2D eigenvalue weighted by molar-refractivity contribution is -0.143. The van der Waals surface area contributed by atoms with Crippen LogP contribution in [0.4, 0.5) is 0 Å². The second kappa shape index (κ2) is 6.86. The van der Waals surface area contributed by atoms with Gasteiger partial charge in [0.1, 0.15) is 6.61 Å². The Kier molecular flexibility index (Phi) is 5.15. The number of ether oxygens (including phenoxy) is 1. The molecule has 0 aromatic heterocycles. The van der Waals surface area contributed by atoms with Crippen LogP contribution in [0.2, 0.25) is 0 Å². The summed E-state index contributed by atoms with van der Waals surface area (Å²) in [6.07, 6.45) is 0. The smallest absolute Gasteiger partial charge is 0.248 e. The number of carbonyl (C=O) groups is 1. The minimum atomic E-state index is 0.0870. The number of nitrogens with one attached hydrogen (secondary N) is 1. The van der Waals surface area contributed by atoms with E-state index < -0.39 is 0 Å². The molecular weight excluding hydrogens is 252 g/mol. The van der Waals surface area contributed by atoms with E-state index in [1.54, 1.807) is 0 Å². The Morgan fingerprint density at radius 1 is 1.40 bits per heavy atom. The standard InChI is InChI=1S/C16H24N2O2/c1-4-17-15(10-18-7-8-20-11-16(18)19)14-6-5-12(2)9-13(14)3/h5-6,9,15,17H,4,7-8,10-11H2,1-3H3. The molecule has 4 nitrogen and oxygen atoms in total. The van der Waals surface area contributed by atoms with Crippen LogP contribution < -0.4 is 5.32 Å². The minimum Gasteiger partial charge on any atom is -0.370 e. The van der Waals surface area contributed by atoms with Gasteiger partial charge in [-0.15, -0.1) is 0 Å². The van der Waals surface area contributed by atoms with Crippen molar-refractivity contribution in [3.05, 3.63) is 34.9 Å². The fourth-order valence-corrected chi connectivity index (χ4v) is 2.70. The van der Waals surface area contributed by atoms with Gasteiger partial charge in [0, 0.05) is 13.1 Å². The summed E-state index contributed by atoms with van der Waals surface area (Å²) in [7, 11) is 0. The molecule has 1 aromatic carbocycles. The van der Waals surface area contributed by atoms with Crippen LogP contribution in [0, 0.1) is 13.8 Å². The molecule has 1 heterocycles. The topological polar surface area (TPSA) is 41.6 Å². The number of likely N-dealkylation sites (N-methyl/N-ethyl adjacent to an activating group) is 1. The van der Waals surface area contributed by atoms with Gasteiger partial charge in [0.25, 0.3) is 0 Å². The highest BCUT2D eigenvalue weighted by atomic mass is 16.5. The number of benzene rings is 1. The van der Waals surface area contributed by atoms with E-state index in [1.807, 2.05) is 4.90 Å². The molecule has 1 aliphatic rings. The van der Waals surface area contributed by atoms with Crippen molar-refractivity contribution >= 4 is 5.91 Å². The number of rotatable bonds is 5. The van der Waals surface area contributed by atoms with E-state index in [1.165, 1.54) is 16.7 Å². The molecule has 0 aliphatic carbocycles. The number of amides is 1. The Bertz CT molecular complexity index is 474. The summed E-state index contributed by atoms with van der Waals surface area (Å²) in [6.45, 7) is 9.46. The second-order valence-corrected chi connectivity index (χ2v) is 5.36. The highest BCUT2D eigenvalue weighted by molar-refractivity contribution is 5.78. The van der Waals surface area contributed by atoms with E-state index in [0.717, 1.165) is 6.54 Å². The zero-order valence-corrected chi connectivity index (χ0v) is 12.6. The average Bonchev–Trinajstić information content (AvgIpc) is 2.41. The predicted octanol–water partition coefficient (Wildman–Crippen LogP) is 1.81. The van der Waals surface area contributed by atoms with Crippen LogP contribution in [-0.2, 0) is 9.53 Å². The highest BCUT2D eigenvalue weighted by Gasteiger charge is 2.23. The Labute approximate surface area is 121 Å². The van der Waals surface area contributed by atoms with Gasteiger partial charge < -0.3 is 15.0 Å². The summed E-state index contributed by atoms with van der Waals surface area (Å²) in [5.41, 5.74) is 3.82. The number of carbonyl (C=O) groups excluding carboxylic acids is 1. The predicted molar refractivity (Wildman–Crippen MR) is 79.7 cm³/mol. The van der Waals surface area contributed by atoms with Gasteiger partial charge in [0.2, 0.25) is 5.91 Å². The summed E-state index contributed by atoms with van der Waals surface area (Å²) in [5, 5.41) is 3.49. The molecule has 1 atom stereocenters. The summed E-state index contributed by atoms with van der Waals surface area (Å²) >= 11 is 0. The van der Waals surface area contributed by atoms with Gasteiger partial charge in [-0.25, -0.2) is 0 Å². The lowest BCUT2D eigenvalue weighted by Gasteiger charge is -2.31. The van der Waals surface area contributed by atoms with Crippen molar-refractivity contribution in [1.29, 1.82) is 0 Å². The zero-order chi connectivity index (χ0) is 14.5. The van der Waals surface area contributed by atoms with E-state index in [-0.39, 0.29) is 18.6 Å². The molecule has 1 unspecified atom stereocenters. The van der Waals surface area contributed by atoms with Crippen molar-refractivity contribution in [2.24, 2.45) is 0 Å². The number of hydrogen-bond acceptors (Lipinski definition) is 3. The van der Waals surface area contributed by atoms with E-state index in [0.29, 0.717) is 19.7 Å². The Hall–Kier alpha value is -1.39. The second-order valence-electron chi connectivity index (χ2n) is 5.36. The van der Waals surface area contributed by atoms with E-state index >= 15 is 0 Å². The maximum Gasteiger partial charge on any atom is 0.248 e. The van der Waals surface area contributed by atoms with Crippen molar-refractivity contribution in [3.8, 4) is 0 Å². The molecule has 20 heavy (non-hydrogen) atoms. The molecule has 1 saturated heterocycles. The van der Waals surface area contributed by atoms with E-state index in [2.05, 4.69) is 44.3 Å². The quantitative estimate of drug-likeness (QED) is 0.892. The largest absolute Gasteiger partial charge is 0.370 e. The minimum absolute atomic E-state index is 0.0870. The maximum atomic E-state index is 11.9. The fraction of sp³-hybridized carbons (Fsp3) is 0.562. The Morgan fingerprint density at radius 2 is 2.20 bits per heavy atom. The van der Waals surface area contributed by atoms with Crippen LogP contribution in [0.1, 0.15) is 29.7 Å². The summed E-state index contributed by atoms with van der Waals surface area (Å²) in [6, 6.07) is 6.68. The third-order valence-corrected chi connectivity index (χ3v) is 3.74. The molecule has 0 bridgehead atoms. The molecule has 1 N–H and O–H groups in total. The first-order valence-corrected chi connectivity index (χ1v) is 7.28. The number of morpholine rings is 1. The molecule has 1 amide bonds. The van der Waals surface area contributed by atoms with Gasteiger partial charge in [0.15, 0.2) is 0 Å². The van der Waals surface area contributed by atoms with Gasteiger partial charge in [-0.3, -0.25) is 4.79 Å². The van der Waals surface area contributed by atoms with Crippen molar-refractivity contribution in [2.45, 2.75) is 26.8 Å². The van der Waals surface area contributed by atoms with Crippen LogP contribution in [0.5, 0.6) is 0 Å². The summed E-state index contributed by atoms with van der Waals surface area (Å²) in [4.78, 5) is 13.8. The average molecular weight is 276 g/mol. The first-order chi connectivity index (χ1) is 9.61. The molecule has 1 aromatic rings. The summed E-state index contributed by atoms with van der Waals surface area (Å²) in [5.74, 6) is 0.0870. The van der Waals surface area contributed by atoms with Crippen molar-refractivity contribution in [1.82, 2.24) is 10.2 Å². The van der Waals surface area contributed by atoms with Gasteiger partial charge in [-0.05, 0) is 31.5 Å². The SMILES string of the molecule is CCNC(CN1CCOCC1=O)c1ccc(C)cc1C. The van der Waals surface area contributed by atoms with Crippen molar-refractivity contribution in [3.63, 3.8) is 0 Å². The van der Waals surface area contributed by atoms with Gasteiger partial charge >= 0.3 is 0 Å². The lowest BCUT2D eigenvalue weighted by atomic mass is 9.98. The monoisotopic (exact) mass is 276 g/mol. The number of nitrogens with zero attached hydrogens (tertiary/aromatic N) is 1. The molecule has 1 fully saturated rings. The Balaban J connectivity index is 2.15. The fourth-order valence-electron chi connectivity index (χ4n) is 2.70. The van der Waals surface area contributed by atoms with Gasteiger partial charge in [-0.1, -0.05) is 30.7 Å². The number of hydrogen-bond donors (Lipinski definition) is 1. The molecule has 4 heteroatoms. The van der Waals surface area contributed by atoms with Crippen LogP contribution in [0.25, 0.3) is 0 Å². The van der Waals surface area contributed by atoms with Crippen LogP contribution >= 0.6 is 0 Å². The van der Waals surface area contributed by atoms with Crippen molar-refractivity contribution < 1.29 is 9.53 Å².